The number of hydrogen-bond acceptors (Lipinski definition) is 1. The summed E-state index contributed by atoms with van der Waals surface area (Å²) in [6.07, 6.45) is 13.9. The van der Waals surface area contributed by atoms with Gasteiger partial charge >= 0.3 is 0 Å². The molecule has 1 fully saturated rings. The molecule has 0 bridgehead atoms. The van der Waals surface area contributed by atoms with Gasteiger partial charge in [0, 0.05) is 0 Å². The van der Waals surface area contributed by atoms with Gasteiger partial charge in [0.25, 0.3) is 0 Å². The van der Waals surface area contributed by atoms with E-state index in [0.717, 1.165) is 23.8 Å². The molecule has 0 atom stereocenters. The van der Waals surface area contributed by atoms with Crippen molar-refractivity contribution >= 4 is 0 Å². The molecule has 0 aromatic heterocycles. The van der Waals surface area contributed by atoms with Gasteiger partial charge in [0.1, 0.15) is 0 Å². The summed E-state index contributed by atoms with van der Waals surface area (Å²) in [5.41, 5.74) is 2.13. The lowest BCUT2D eigenvalue weighted by Crippen LogP contribution is -2.13. The largest absolute Gasteiger partial charge is 0.192 e. The van der Waals surface area contributed by atoms with Crippen molar-refractivity contribution in [2.75, 3.05) is 0 Å². The molecular weight excluding hydrogens is 242 g/mol. The number of benzene rings is 1. The van der Waals surface area contributed by atoms with Crippen LogP contribution in [0.4, 0.5) is 0 Å². The fourth-order valence-corrected chi connectivity index (χ4v) is 3.11. The number of nitrogens with zero attached hydrogens (tertiary/aromatic N) is 1. The van der Waals surface area contributed by atoms with Gasteiger partial charge in [-0.05, 0) is 74.5 Å². The summed E-state index contributed by atoms with van der Waals surface area (Å²) in [6.45, 7) is 2.21. The van der Waals surface area contributed by atoms with E-state index in [-0.39, 0.29) is 0 Å². The standard InChI is InChI=1S/C19H25N/c1-2-3-4-16-5-7-17(8-6-16)9-10-18-11-13-19(15-20)14-12-18/h3-4,11-14,16-17H,2,5-10H2,1H3/b4-3+/t16-,17-. The number of hydrogen-bond donors (Lipinski definition) is 0. The molecule has 106 valence electrons. The SMILES string of the molecule is CC/C=C/[C@H]1CC[C@H](CCc2ccc(C#N)cc2)CC1. The third kappa shape index (κ3) is 4.53. The minimum atomic E-state index is 0.761. The van der Waals surface area contributed by atoms with E-state index >= 15 is 0 Å². The maximum atomic E-state index is 8.79. The van der Waals surface area contributed by atoms with Crippen molar-refractivity contribution in [3.05, 3.63) is 47.5 Å². The monoisotopic (exact) mass is 267 g/mol. The van der Waals surface area contributed by atoms with Crippen LogP contribution in [0.2, 0.25) is 0 Å². The van der Waals surface area contributed by atoms with Crippen LogP contribution in [0.1, 0.15) is 56.6 Å². The van der Waals surface area contributed by atoms with Crippen LogP contribution in [-0.2, 0) is 6.42 Å². The predicted molar refractivity (Wildman–Crippen MR) is 84.4 cm³/mol. The highest BCUT2D eigenvalue weighted by Gasteiger charge is 2.19. The van der Waals surface area contributed by atoms with Crippen LogP contribution in [0.25, 0.3) is 0 Å². The normalized spacial score (nSPS) is 22.8. The Morgan fingerprint density at radius 3 is 2.45 bits per heavy atom. The molecule has 0 N–H and O–H groups in total. The molecule has 20 heavy (non-hydrogen) atoms. The molecule has 1 aliphatic carbocycles. The molecule has 1 aromatic rings. The quantitative estimate of drug-likeness (QED) is 0.667. The second-order valence-corrected chi connectivity index (χ2v) is 5.96. The van der Waals surface area contributed by atoms with E-state index in [1.165, 1.54) is 44.1 Å². The number of aryl methyl sites for hydroxylation is 1. The van der Waals surface area contributed by atoms with Crippen LogP contribution in [0.3, 0.4) is 0 Å². The molecule has 1 heteroatoms. The van der Waals surface area contributed by atoms with Gasteiger partial charge in [-0.1, -0.05) is 31.2 Å². The van der Waals surface area contributed by atoms with E-state index in [2.05, 4.69) is 37.3 Å². The summed E-state index contributed by atoms with van der Waals surface area (Å²) in [5, 5.41) is 8.79. The molecule has 0 aliphatic heterocycles. The third-order valence-electron chi connectivity index (χ3n) is 4.46. The number of nitriles is 1. The Bertz CT molecular complexity index is 456. The molecule has 1 aromatic carbocycles. The average molecular weight is 267 g/mol. The molecule has 0 spiro atoms. The molecule has 0 saturated heterocycles. The van der Waals surface area contributed by atoms with Gasteiger partial charge in [-0.2, -0.15) is 5.26 Å². The summed E-state index contributed by atoms with van der Waals surface area (Å²) >= 11 is 0. The van der Waals surface area contributed by atoms with Crippen molar-refractivity contribution in [3.63, 3.8) is 0 Å². The molecule has 1 nitrogen and oxygen atoms in total. The maximum absolute atomic E-state index is 8.79. The highest BCUT2D eigenvalue weighted by Crippen LogP contribution is 2.32. The van der Waals surface area contributed by atoms with E-state index in [1.807, 2.05) is 12.1 Å². The van der Waals surface area contributed by atoms with Crippen LogP contribution in [0.5, 0.6) is 0 Å². The second-order valence-electron chi connectivity index (χ2n) is 5.96. The zero-order chi connectivity index (χ0) is 14.2. The molecule has 0 unspecified atom stereocenters. The van der Waals surface area contributed by atoms with E-state index in [0.29, 0.717) is 0 Å². The van der Waals surface area contributed by atoms with Crippen LogP contribution in [-0.4, -0.2) is 0 Å². The lowest BCUT2D eigenvalue weighted by atomic mass is 9.79. The second kappa shape index (κ2) is 7.90. The first-order chi connectivity index (χ1) is 9.81. The number of allylic oxidation sites excluding steroid dienone is 2. The maximum Gasteiger partial charge on any atom is 0.0991 e. The van der Waals surface area contributed by atoms with E-state index in [9.17, 15) is 0 Å². The first kappa shape index (κ1) is 14.9. The van der Waals surface area contributed by atoms with Crippen molar-refractivity contribution in [3.8, 4) is 6.07 Å². The number of rotatable bonds is 5. The Morgan fingerprint density at radius 2 is 1.85 bits per heavy atom. The predicted octanol–water partition coefficient (Wildman–Crippen LogP) is 5.26. The van der Waals surface area contributed by atoms with Crippen molar-refractivity contribution in [1.82, 2.24) is 0 Å². The average Bonchev–Trinajstić information content (AvgIpc) is 2.52. The summed E-state index contributed by atoms with van der Waals surface area (Å²) < 4.78 is 0. The smallest absolute Gasteiger partial charge is 0.0991 e. The van der Waals surface area contributed by atoms with Crippen molar-refractivity contribution in [2.24, 2.45) is 11.8 Å². The van der Waals surface area contributed by atoms with Crippen molar-refractivity contribution < 1.29 is 0 Å². The Balaban J connectivity index is 1.73. The van der Waals surface area contributed by atoms with Gasteiger partial charge in [-0.3, -0.25) is 0 Å². The third-order valence-corrected chi connectivity index (χ3v) is 4.46. The summed E-state index contributed by atoms with van der Waals surface area (Å²) in [4.78, 5) is 0. The zero-order valence-corrected chi connectivity index (χ0v) is 12.5. The van der Waals surface area contributed by atoms with Gasteiger partial charge in [0.15, 0.2) is 0 Å². The minimum absolute atomic E-state index is 0.761. The molecule has 0 heterocycles. The van der Waals surface area contributed by atoms with Gasteiger partial charge in [0.05, 0.1) is 11.6 Å². The Morgan fingerprint density at radius 1 is 1.15 bits per heavy atom. The summed E-state index contributed by atoms with van der Waals surface area (Å²) in [6, 6.07) is 10.3. The van der Waals surface area contributed by atoms with E-state index in [1.54, 1.807) is 0 Å². The summed E-state index contributed by atoms with van der Waals surface area (Å²) in [7, 11) is 0. The fraction of sp³-hybridized carbons (Fsp3) is 0.526. The minimum Gasteiger partial charge on any atom is -0.192 e. The van der Waals surface area contributed by atoms with E-state index in [4.69, 9.17) is 5.26 Å². The Kier molecular flexibility index (Phi) is 5.87. The fourth-order valence-electron chi connectivity index (χ4n) is 3.11. The molecule has 0 radical (unpaired) electrons. The Labute approximate surface area is 123 Å². The summed E-state index contributed by atoms with van der Waals surface area (Å²) in [5.74, 6) is 1.73. The first-order valence-corrected chi connectivity index (χ1v) is 7.97. The van der Waals surface area contributed by atoms with Gasteiger partial charge in [-0.25, -0.2) is 0 Å². The van der Waals surface area contributed by atoms with Gasteiger partial charge in [0.2, 0.25) is 0 Å². The van der Waals surface area contributed by atoms with Gasteiger partial charge in [-0.15, -0.1) is 0 Å². The van der Waals surface area contributed by atoms with E-state index < -0.39 is 0 Å². The molecule has 1 saturated carbocycles. The molecular formula is C19H25N. The highest BCUT2D eigenvalue weighted by atomic mass is 14.2. The molecule has 0 amide bonds. The lowest BCUT2D eigenvalue weighted by Gasteiger charge is -2.26. The van der Waals surface area contributed by atoms with Gasteiger partial charge < -0.3 is 0 Å². The van der Waals surface area contributed by atoms with Crippen molar-refractivity contribution in [1.29, 1.82) is 5.26 Å². The highest BCUT2D eigenvalue weighted by molar-refractivity contribution is 5.31. The first-order valence-electron chi connectivity index (χ1n) is 7.97. The van der Waals surface area contributed by atoms with Crippen molar-refractivity contribution in [2.45, 2.75) is 51.9 Å². The van der Waals surface area contributed by atoms with Crippen LogP contribution >= 0.6 is 0 Å². The molecule has 1 aliphatic rings. The Hall–Kier alpha value is -1.55. The topological polar surface area (TPSA) is 23.8 Å². The van der Waals surface area contributed by atoms with Crippen LogP contribution in [0, 0.1) is 23.2 Å². The molecule has 2 rings (SSSR count). The van der Waals surface area contributed by atoms with Crippen LogP contribution in [0.15, 0.2) is 36.4 Å². The lowest BCUT2D eigenvalue weighted by molar-refractivity contribution is 0.296. The zero-order valence-electron chi connectivity index (χ0n) is 12.5. The van der Waals surface area contributed by atoms with Crippen LogP contribution < -0.4 is 0 Å².